The zero-order chi connectivity index (χ0) is 11.1. The van der Waals surface area contributed by atoms with Crippen LogP contribution in [0.1, 0.15) is 0 Å². The molecule has 0 unspecified atom stereocenters. The van der Waals surface area contributed by atoms with Crippen molar-refractivity contribution in [3.63, 3.8) is 0 Å². The normalized spacial score (nSPS) is 11.0. The second-order valence-electron chi connectivity index (χ2n) is 3.68. The average Bonchev–Trinajstić information content (AvgIpc) is 2.60. The summed E-state index contributed by atoms with van der Waals surface area (Å²) in [5, 5.41) is 5.76. The first-order valence-corrected chi connectivity index (χ1v) is 5.84. The molecule has 0 aliphatic rings. The Morgan fingerprint density at radius 2 is 1.75 bits per heavy atom. The van der Waals surface area contributed by atoms with E-state index in [9.17, 15) is 4.79 Å². The van der Waals surface area contributed by atoms with E-state index in [1.165, 1.54) is 11.3 Å². The summed E-state index contributed by atoms with van der Waals surface area (Å²) in [7, 11) is 0. The molecular weight excluding hydrogens is 218 g/mol. The van der Waals surface area contributed by atoms with Crippen LogP contribution >= 0.6 is 11.3 Å². The van der Waals surface area contributed by atoms with Gasteiger partial charge >= 0.3 is 0 Å². The van der Waals surface area contributed by atoms with Crippen molar-refractivity contribution in [3.05, 3.63) is 52.0 Å². The van der Waals surface area contributed by atoms with E-state index in [0.29, 0.717) is 10.4 Å². The summed E-state index contributed by atoms with van der Waals surface area (Å²) >= 11 is 1.41. The van der Waals surface area contributed by atoms with Gasteiger partial charge in [-0.15, -0.1) is 11.3 Å². The van der Waals surface area contributed by atoms with Crippen LogP contribution in [-0.4, -0.2) is 0 Å². The first-order valence-electron chi connectivity index (χ1n) is 4.96. The van der Waals surface area contributed by atoms with Gasteiger partial charge in [0.2, 0.25) is 0 Å². The van der Waals surface area contributed by atoms with Crippen LogP contribution in [0.15, 0.2) is 46.6 Å². The van der Waals surface area contributed by atoms with Crippen LogP contribution in [0.2, 0.25) is 0 Å². The summed E-state index contributed by atoms with van der Waals surface area (Å²) in [6.07, 6.45) is 0. The fourth-order valence-corrected chi connectivity index (χ4v) is 2.69. The lowest BCUT2D eigenvalue weighted by molar-refractivity contribution is 1.77. The van der Waals surface area contributed by atoms with Crippen molar-refractivity contribution in [1.29, 1.82) is 0 Å². The maximum atomic E-state index is 12.3. The first-order chi connectivity index (χ1) is 7.77. The minimum absolute atomic E-state index is 0.0225. The third kappa shape index (κ3) is 1.22. The van der Waals surface area contributed by atoms with Crippen molar-refractivity contribution in [2.24, 2.45) is 0 Å². The van der Waals surface area contributed by atoms with Gasteiger partial charge in [-0.25, -0.2) is 0 Å². The molecule has 0 atom stereocenters. The molecule has 0 saturated heterocycles. The van der Waals surface area contributed by atoms with Crippen molar-refractivity contribution in [2.45, 2.75) is 0 Å². The van der Waals surface area contributed by atoms with Gasteiger partial charge in [0.05, 0.1) is 10.4 Å². The van der Waals surface area contributed by atoms with Crippen molar-refractivity contribution in [2.75, 3.05) is 5.73 Å². The summed E-state index contributed by atoms with van der Waals surface area (Å²) in [6.45, 7) is 0. The molecule has 3 rings (SSSR count). The molecule has 0 spiro atoms. The van der Waals surface area contributed by atoms with E-state index < -0.39 is 0 Å². The van der Waals surface area contributed by atoms with E-state index in [2.05, 4.69) is 0 Å². The van der Waals surface area contributed by atoms with Crippen molar-refractivity contribution in [1.82, 2.24) is 0 Å². The average molecular weight is 227 g/mol. The molecule has 3 heteroatoms. The topological polar surface area (TPSA) is 43.1 Å². The van der Waals surface area contributed by atoms with E-state index in [-0.39, 0.29) is 5.43 Å². The maximum Gasteiger partial charge on any atom is 0.197 e. The Balaban J connectivity index is 2.71. The van der Waals surface area contributed by atoms with Crippen LogP contribution in [0.3, 0.4) is 0 Å². The molecule has 0 aliphatic carbocycles. The third-order valence-corrected chi connectivity index (χ3v) is 3.55. The molecule has 1 heterocycles. The minimum Gasteiger partial charge on any atom is -0.390 e. The third-order valence-electron chi connectivity index (χ3n) is 2.72. The molecular formula is C13H9NOS. The number of thiophene rings is 1. The molecule has 2 nitrogen and oxygen atoms in total. The molecule has 0 aliphatic heterocycles. The first kappa shape index (κ1) is 9.36. The fraction of sp³-hybridized carbons (Fsp3) is 0. The summed E-state index contributed by atoms with van der Waals surface area (Å²) in [4.78, 5) is 12.3. The van der Waals surface area contributed by atoms with Crippen molar-refractivity contribution >= 4 is 37.9 Å². The maximum absolute atomic E-state index is 12.3. The van der Waals surface area contributed by atoms with Crippen LogP contribution in [0.25, 0.3) is 21.5 Å². The van der Waals surface area contributed by atoms with Crippen molar-refractivity contribution in [3.8, 4) is 0 Å². The predicted molar refractivity (Wildman–Crippen MR) is 70.0 cm³/mol. The van der Waals surface area contributed by atoms with Gasteiger partial charge in [0.25, 0.3) is 0 Å². The summed E-state index contributed by atoms with van der Waals surface area (Å²) < 4.78 is 0. The lowest BCUT2D eigenvalue weighted by Crippen LogP contribution is -1.99. The van der Waals surface area contributed by atoms with Gasteiger partial charge in [0.15, 0.2) is 5.43 Å². The molecule has 0 saturated carbocycles. The Hall–Kier alpha value is -1.87. The van der Waals surface area contributed by atoms with Gasteiger partial charge in [0, 0.05) is 10.8 Å². The van der Waals surface area contributed by atoms with Gasteiger partial charge in [-0.1, -0.05) is 36.4 Å². The van der Waals surface area contributed by atoms with E-state index >= 15 is 0 Å². The molecule has 16 heavy (non-hydrogen) atoms. The highest BCUT2D eigenvalue weighted by Crippen LogP contribution is 2.25. The second kappa shape index (κ2) is 3.32. The number of rotatable bonds is 0. The predicted octanol–water partition coefficient (Wildman–Crippen LogP) is 3.00. The minimum atomic E-state index is 0.0225. The number of fused-ring (bicyclic) bond motifs is 2. The van der Waals surface area contributed by atoms with Gasteiger partial charge in [0.1, 0.15) is 0 Å². The van der Waals surface area contributed by atoms with Gasteiger partial charge < -0.3 is 5.73 Å². The van der Waals surface area contributed by atoms with Crippen LogP contribution in [0.5, 0.6) is 0 Å². The number of nitrogens with two attached hydrogens (primary N) is 1. The second-order valence-corrected chi connectivity index (χ2v) is 4.59. The largest absolute Gasteiger partial charge is 0.390 e. The Kier molecular flexibility index (Phi) is 1.94. The summed E-state index contributed by atoms with van der Waals surface area (Å²) in [6, 6.07) is 11.5. The number of benzene rings is 1. The zero-order valence-electron chi connectivity index (χ0n) is 8.44. The highest BCUT2D eigenvalue weighted by molar-refractivity contribution is 7.15. The van der Waals surface area contributed by atoms with Crippen LogP contribution in [0, 0.1) is 0 Å². The van der Waals surface area contributed by atoms with Crippen LogP contribution in [-0.2, 0) is 0 Å². The lowest BCUT2D eigenvalue weighted by Gasteiger charge is -1.89. The highest BCUT2D eigenvalue weighted by Gasteiger charge is 2.06. The number of anilines is 1. The van der Waals surface area contributed by atoms with E-state index in [0.717, 1.165) is 16.2 Å². The number of nitrogen functional groups attached to an aromatic ring is 1. The van der Waals surface area contributed by atoms with E-state index in [4.69, 9.17) is 5.73 Å². The highest BCUT2D eigenvalue weighted by atomic mass is 32.1. The molecule has 1 aromatic heterocycles. The number of hydrogen-bond donors (Lipinski definition) is 1. The van der Waals surface area contributed by atoms with Gasteiger partial charge in [-0.3, -0.25) is 4.79 Å². The molecule has 78 valence electrons. The van der Waals surface area contributed by atoms with Crippen molar-refractivity contribution < 1.29 is 0 Å². The molecule has 0 amide bonds. The van der Waals surface area contributed by atoms with Crippen LogP contribution in [0.4, 0.5) is 5.00 Å². The Morgan fingerprint density at radius 3 is 2.62 bits per heavy atom. The Morgan fingerprint density at radius 1 is 1.00 bits per heavy atom. The van der Waals surface area contributed by atoms with E-state index in [1.807, 2.05) is 41.8 Å². The van der Waals surface area contributed by atoms with Gasteiger partial charge in [-0.2, -0.15) is 0 Å². The molecule has 2 aromatic carbocycles. The van der Waals surface area contributed by atoms with Crippen LogP contribution < -0.4 is 11.2 Å². The SMILES string of the molecule is Nc1scc2ccc3ccccc3c(=O)c12. The Bertz CT molecular complexity index is 746. The standard InChI is InChI=1S/C13H9NOS/c14-13-11-9(7-16-13)6-5-8-3-1-2-4-10(8)12(11)15/h1-7H,14H2. The molecule has 2 N–H and O–H groups in total. The molecule has 3 aromatic rings. The number of hydrogen-bond acceptors (Lipinski definition) is 3. The fourth-order valence-electron chi connectivity index (χ4n) is 1.92. The summed E-state index contributed by atoms with van der Waals surface area (Å²) in [5.41, 5.74) is 5.86. The van der Waals surface area contributed by atoms with E-state index in [1.54, 1.807) is 0 Å². The molecule has 0 radical (unpaired) electrons. The quantitative estimate of drug-likeness (QED) is 0.641. The molecule has 0 fully saturated rings. The smallest absolute Gasteiger partial charge is 0.197 e. The Labute approximate surface area is 95.9 Å². The summed E-state index contributed by atoms with van der Waals surface area (Å²) in [5.74, 6) is 0. The molecule has 0 bridgehead atoms. The van der Waals surface area contributed by atoms with Gasteiger partial charge in [-0.05, 0) is 10.8 Å². The zero-order valence-corrected chi connectivity index (χ0v) is 9.25. The monoisotopic (exact) mass is 227 g/mol. The lowest BCUT2D eigenvalue weighted by atomic mass is 10.2.